The summed E-state index contributed by atoms with van der Waals surface area (Å²) in [5, 5.41) is 9.09. The van der Waals surface area contributed by atoms with Crippen LogP contribution in [0.5, 0.6) is 0 Å². The maximum Gasteiger partial charge on any atom is 0.417 e. The molecule has 1 unspecified atom stereocenters. The molecule has 0 N–H and O–H groups in total. The summed E-state index contributed by atoms with van der Waals surface area (Å²) in [6, 6.07) is 7.96. The number of aryl methyl sites for hydroxylation is 1. The number of amides is 2. The topological polar surface area (TPSA) is 56.6 Å². The minimum absolute atomic E-state index is 0.0446. The van der Waals surface area contributed by atoms with Crippen molar-refractivity contribution in [2.24, 2.45) is 0 Å². The summed E-state index contributed by atoms with van der Waals surface area (Å²) in [4.78, 5) is 16.3. The molecule has 1 saturated heterocycles. The number of carbonyl (C=O) groups excluding carboxylic acids is 1. The number of halogens is 4. The van der Waals surface area contributed by atoms with Crippen LogP contribution in [0, 0.1) is 24.1 Å². The number of hydrogen-bond donors (Lipinski definition) is 0. The van der Waals surface area contributed by atoms with E-state index in [1.54, 1.807) is 32.2 Å². The Balaban J connectivity index is 1.81. The number of methoxy groups -OCH3 is 1. The third kappa shape index (κ3) is 3.69. The van der Waals surface area contributed by atoms with Gasteiger partial charge in [0.05, 0.1) is 35.4 Å². The molecule has 2 aromatic rings. The average molecular weight is 447 g/mol. The minimum atomic E-state index is -4.75. The average Bonchev–Trinajstić information content (AvgIpc) is 3.05. The zero-order valence-electron chi connectivity index (χ0n) is 17.5. The van der Waals surface area contributed by atoms with Crippen molar-refractivity contribution in [2.45, 2.75) is 50.6 Å². The third-order valence-electron chi connectivity index (χ3n) is 6.28. The zero-order valence-corrected chi connectivity index (χ0v) is 17.5. The molecule has 1 aliphatic carbocycles. The number of benzene rings is 2. The van der Waals surface area contributed by atoms with Crippen LogP contribution in [0.3, 0.4) is 0 Å². The Labute approximate surface area is 182 Å². The summed E-state index contributed by atoms with van der Waals surface area (Å²) in [6.07, 6.45) is -3.24. The van der Waals surface area contributed by atoms with Crippen molar-refractivity contribution in [3.8, 4) is 6.07 Å². The normalized spacial score (nSPS) is 23.3. The lowest BCUT2D eigenvalue weighted by Gasteiger charge is -2.35. The molecule has 0 aromatic heterocycles. The largest absolute Gasteiger partial charge is 0.417 e. The smallest absolute Gasteiger partial charge is 0.381 e. The van der Waals surface area contributed by atoms with E-state index in [2.05, 4.69) is 0 Å². The van der Waals surface area contributed by atoms with Crippen LogP contribution in [0.4, 0.5) is 33.7 Å². The Morgan fingerprint density at radius 2 is 1.72 bits per heavy atom. The van der Waals surface area contributed by atoms with Crippen molar-refractivity contribution in [3.63, 3.8) is 0 Å². The van der Waals surface area contributed by atoms with Crippen LogP contribution in [0.1, 0.15) is 36.0 Å². The lowest BCUT2D eigenvalue weighted by molar-refractivity contribution is -0.137. The van der Waals surface area contributed by atoms with Gasteiger partial charge in [-0.1, -0.05) is 6.07 Å². The molecule has 2 aromatic carbocycles. The summed E-state index contributed by atoms with van der Waals surface area (Å²) in [6.45, 7) is 1.61. The standard InChI is InChI=1S/C23H21F4N3O2/c1-13-3-5-16(10-19(13)24)29-20-8-7-17(32-2)11-21(20)30(22(29)31)15-6-4-14(12-28)18(9-15)23(25,26)27/h3-6,9-10,17,20-21H,7-8,11H2,1-2H3/t17?,20-,21-/m1/s1. The maximum absolute atomic E-state index is 14.3. The Morgan fingerprint density at radius 3 is 2.34 bits per heavy atom. The summed E-state index contributed by atoms with van der Waals surface area (Å²) in [7, 11) is 1.56. The molecule has 9 heteroatoms. The van der Waals surface area contributed by atoms with E-state index in [4.69, 9.17) is 10.00 Å². The lowest BCUT2D eigenvalue weighted by Crippen LogP contribution is -2.44. The van der Waals surface area contributed by atoms with Crippen molar-refractivity contribution < 1.29 is 27.1 Å². The van der Waals surface area contributed by atoms with Gasteiger partial charge in [0.15, 0.2) is 0 Å². The van der Waals surface area contributed by atoms with Gasteiger partial charge >= 0.3 is 12.2 Å². The molecule has 1 heterocycles. The number of carbonyl (C=O) groups is 1. The number of nitriles is 1. The lowest BCUT2D eigenvalue weighted by atomic mass is 9.87. The van der Waals surface area contributed by atoms with Crippen LogP contribution in [0.2, 0.25) is 0 Å². The fraction of sp³-hybridized carbons (Fsp3) is 0.391. The van der Waals surface area contributed by atoms with E-state index in [0.29, 0.717) is 30.5 Å². The molecule has 2 amide bonds. The molecule has 168 valence electrons. The highest BCUT2D eigenvalue weighted by atomic mass is 19.4. The first-order valence-corrected chi connectivity index (χ1v) is 10.2. The molecule has 32 heavy (non-hydrogen) atoms. The van der Waals surface area contributed by atoms with Crippen molar-refractivity contribution in [1.29, 1.82) is 5.26 Å². The third-order valence-corrected chi connectivity index (χ3v) is 6.28. The number of rotatable bonds is 3. The second-order valence-corrected chi connectivity index (χ2v) is 8.10. The van der Waals surface area contributed by atoms with Gasteiger partial charge in [0.2, 0.25) is 0 Å². The van der Waals surface area contributed by atoms with Crippen LogP contribution in [0.15, 0.2) is 36.4 Å². The Kier molecular flexibility index (Phi) is 5.59. The van der Waals surface area contributed by atoms with Crippen LogP contribution in [-0.4, -0.2) is 31.3 Å². The Morgan fingerprint density at radius 1 is 1.06 bits per heavy atom. The molecule has 2 fully saturated rings. The van der Waals surface area contributed by atoms with Gasteiger partial charge in [-0.15, -0.1) is 0 Å². The van der Waals surface area contributed by atoms with Gasteiger partial charge in [0.1, 0.15) is 5.82 Å². The van der Waals surface area contributed by atoms with E-state index in [9.17, 15) is 22.4 Å². The van der Waals surface area contributed by atoms with Crippen molar-refractivity contribution in [3.05, 3.63) is 58.9 Å². The van der Waals surface area contributed by atoms with Crippen molar-refractivity contribution >= 4 is 17.4 Å². The maximum atomic E-state index is 14.3. The van der Waals surface area contributed by atoms with E-state index < -0.39 is 35.2 Å². The highest BCUT2D eigenvalue weighted by Gasteiger charge is 2.50. The molecule has 0 spiro atoms. The predicted molar refractivity (Wildman–Crippen MR) is 110 cm³/mol. The molecule has 3 atom stereocenters. The summed E-state index contributed by atoms with van der Waals surface area (Å²) < 4.78 is 60.4. The predicted octanol–water partition coefficient (Wildman–Crippen LogP) is 5.41. The Bertz CT molecular complexity index is 1100. The second kappa shape index (κ2) is 8.10. The molecule has 4 rings (SSSR count). The minimum Gasteiger partial charge on any atom is -0.381 e. The fourth-order valence-electron chi connectivity index (χ4n) is 4.64. The van der Waals surface area contributed by atoms with E-state index in [1.165, 1.54) is 21.9 Å². The van der Waals surface area contributed by atoms with Crippen LogP contribution >= 0.6 is 0 Å². The number of ether oxygens (including phenoxy) is 1. The molecule has 0 radical (unpaired) electrons. The van der Waals surface area contributed by atoms with E-state index in [0.717, 1.165) is 12.1 Å². The van der Waals surface area contributed by atoms with Gasteiger partial charge in [0, 0.05) is 18.5 Å². The fourth-order valence-corrected chi connectivity index (χ4v) is 4.64. The van der Waals surface area contributed by atoms with Crippen LogP contribution < -0.4 is 9.80 Å². The number of nitrogens with zero attached hydrogens (tertiary/aromatic N) is 3. The monoisotopic (exact) mass is 447 g/mol. The number of fused-ring (bicyclic) bond motifs is 1. The molecular weight excluding hydrogens is 426 g/mol. The van der Waals surface area contributed by atoms with Crippen molar-refractivity contribution in [2.75, 3.05) is 16.9 Å². The van der Waals surface area contributed by atoms with Gasteiger partial charge in [-0.2, -0.15) is 18.4 Å². The van der Waals surface area contributed by atoms with Crippen molar-refractivity contribution in [1.82, 2.24) is 0 Å². The molecule has 5 nitrogen and oxygen atoms in total. The SMILES string of the molecule is COC1CC[C@@H]2[C@@H](C1)N(c1ccc(C#N)c(C(F)(F)F)c1)C(=O)N2c1ccc(C)c(F)c1. The first-order chi connectivity index (χ1) is 15.2. The molecule has 1 saturated carbocycles. The number of urea groups is 1. The van der Waals surface area contributed by atoms with Gasteiger partial charge in [-0.05, 0) is 62.1 Å². The van der Waals surface area contributed by atoms with Crippen LogP contribution in [-0.2, 0) is 10.9 Å². The zero-order chi connectivity index (χ0) is 23.2. The molecule has 0 bridgehead atoms. The summed E-state index contributed by atoms with van der Waals surface area (Å²) in [5.41, 5.74) is -0.778. The molecule has 1 aliphatic heterocycles. The van der Waals surface area contributed by atoms with E-state index in [-0.39, 0.29) is 17.8 Å². The van der Waals surface area contributed by atoms with Gasteiger partial charge in [-0.3, -0.25) is 9.80 Å². The molecular formula is C23H21F4N3O2. The second-order valence-electron chi connectivity index (χ2n) is 8.10. The highest BCUT2D eigenvalue weighted by molar-refractivity contribution is 6.07. The Hall–Kier alpha value is -3.12. The quantitative estimate of drug-likeness (QED) is 0.592. The highest BCUT2D eigenvalue weighted by Crippen LogP contribution is 2.42. The van der Waals surface area contributed by atoms with Gasteiger partial charge in [0.25, 0.3) is 0 Å². The summed E-state index contributed by atoms with van der Waals surface area (Å²) >= 11 is 0. The van der Waals surface area contributed by atoms with E-state index in [1.807, 2.05) is 0 Å². The van der Waals surface area contributed by atoms with Gasteiger partial charge < -0.3 is 4.74 Å². The first kappa shape index (κ1) is 22.1. The number of anilines is 2. The van der Waals surface area contributed by atoms with Gasteiger partial charge in [-0.25, -0.2) is 9.18 Å². The molecule has 2 aliphatic rings. The first-order valence-electron chi connectivity index (χ1n) is 10.2. The summed E-state index contributed by atoms with van der Waals surface area (Å²) in [5.74, 6) is -0.464. The number of alkyl halides is 3. The number of hydrogen-bond acceptors (Lipinski definition) is 3. The van der Waals surface area contributed by atoms with Crippen LogP contribution in [0.25, 0.3) is 0 Å². The van der Waals surface area contributed by atoms with E-state index >= 15 is 0 Å².